The molecule has 1 aromatic heterocycles. The second kappa shape index (κ2) is 8.70. The fourth-order valence-corrected chi connectivity index (χ4v) is 3.39. The van der Waals surface area contributed by atoms with Gasteiger partial charge in [-0.25, -0.2) is 4.79 Å². The molecular weight excluding hydrogens is 370 g/mol. The Morgan fingerprint density at radius 2 is 2.04 bits per heavy atom. The van der Waals surface area contributed by atoms with Crippen molar-refractivity contribution in [3.63, 3.8) is 0 Å². The predicted octanol–water partition coefficient (Wildman–Crippen LogP) is 2.57. The number of nitrogens with one attached hydrogen (secondary N) is 1. The number of hydrogen-bond acceptors (Lipinski definition) is 6. The van der Waals surface area contributed by atoms with E-state index in [2.05, 4.69) is 11.9 Å². The molecule has 2 aromatic rings. The first-order valence-electron chi connectivity index (χ1n) is 8.30. The molecule has 1 aliphatic rings. The van der Waals surface area contributed by atoms with E-state index in [1.54, 1.807) is 6.07 Å². The van der Waals surface area contributed by atoms with Gasteiger partial charge in [-0.2, -0.15) is 0 Å². The van der Waals surface area contributed by atoms with Crippen LogP contribution in [0.3, 0.4) is 0 Å². The summed E-state index contributed by atoms with van der Waals surface area (Å²) >= 11 is 1.27. The van der Waals surface area contributed by atoms with Crippen LogP contribution in [0.25, 0.3) is 10.4 Å². The summed E-state index contributed by atoms with van der Waals surface area (Å²) in [4.78, 5) is 24.9. The Morgan fingerprint density at radius 3 is 2.78 bits per heavy atom. The van der Waals surface area contributed by atoms with Gasteiger partial charge in [-0.1, -0.05) is 6.08 Å². The average molecular weight is 389 g/mol. The van der Waals surface area contributed by atoms with Crippen LogP contribution in [0.4, 0.5) is 0 Å². The third-order valence-corrected chi connectivity index (χ3v) is 4.91. The molecule has 1 unspecified atom stereocenters. The van der Waals surface area contributed by atoms with E-state index in [-0.39, 0.29) is 13.2 Å². The molecule has 8 heteroatoms. The van der Waals surface area contributed by atoms with Gasteiger partial charge in [0.2, 0.25) is 0 Å². The summed E-state index contributed by atoms with van der Waals surface area (Å²) in [7, 11) is 0. The quantitative estimate of drug-likeness (QED) is 0.532. The normalized spacial score (nSPS) is 13.6. The number of rotatable bonds is 8. The molecule has 142 valence electrons. The fourth-order valence-electron chi connectivity index (χ4n) is 2.48. The number of aliphatic carboxylic acids is 1. The van der Waals surface area contributed by atoms with E-state index in [1.807, 2.05) is 24.3 Å². The summed E-state index contributed by atoms with van der Waals surface area (Å²) in [6.45, 7) is 4.60. The summed E-state index contributed by atoms with van der Waals surface area (Å²) in [5.41, 5.74) is 0.896. The first kappa shape index (κ1) is 18.9. The van der Waals surface area contributed by atoms with E-state index in [0.717, 1.165) is 10.4 Å². The maximum atomic E-state index is 12.4. The molecule has 27 heavy (non-hydrogen) atoms. The lowest BCUT2D eigenvalue weighted by molar-refractivity contribution is -0.140. The second-order valence-corrected chi connectivity index (χ2v) is 6.80. The lowest BCUT2D eigenvalue weighted by Gasteiger charge is -2.18. The molecule has 0 radical (unpaired) electrons. The molecule has 0 spiro atoms. The van der Waals surface area contributed by atoms with Crippen LogP contribution in [0, 0.1) is 0 Å². The summed E-state index contributed by atoms with van der Waals surface area (Å²) in [6, 6.07) is 7.94. The van der Waals surface area contributed by atoms with Gasteiger partial charge in [-0.3, -0.25) is 4.79 Å². The molecule has 0 aliphatic carbocycles. The van der Waals surface area contributed by atoms with Crippen molar-refractivity contribution >= 4 is 23.2 Å². The van der Waals surface area contributed by atoms with E-state index in [9.17, 15) is 14.7 Å². The van der Waals surface area contributed by atoms with E-state index in [4.69, 9.17) is 14.2 Å². The molecule has 2 N–H and O–H groups in total. The lowest BCUT2D eigenvalue weighted by atomic mass is 10.1. The van der Waals surface area contributed by atoms with Crippen LogP contribution in [0.2, 0.25) is 0 Å². The van der Waals surface area contributed by atoms with Crippen molar-refractivity contribution in [1.29, 1.82) is 0 Å². The minimum atomic E-state index is -1.16. The van der Waals surface area contributed by atoms with Crippen LogP contribution < -0.4 is 14.8 Å². The first-order chi connectivity index (χ1) is 13.1. The largest absolute Gasteiger partial charge is 0.486 e. The fraction of sp³-hybridized carbons (Fsp3) is 0.263. The van der Waals surface area contributed by atoms with Crippen molar-refractivity contribution < 1.29 is 28.9 Å². The van der Waals surface area contributed by atoms with E-state index in [1.165, 1.54) is 17.4 Å². The Morgan fingerprint density at radius 1 is 1.26 bits per heavy atom. The van der Waals surface area contributed by atoms with Gasteiger partial charge >= 0.3 is 5.97 Å². The van der Waals surface area contributed by atoms with Gasteiger partial charge < -0.3 is 24.6 Å². The molecule has 3 rings (SSSR count). The summed E-state index contributed by atoms with van der Waals surface area (Å²) in [5, 5.41) is 11.7. The molecule has 1 amide bonds. The molecule has 2 heterocycles. The number of benzene rings is 1. The third-order valence-electron chi connectivity index (χ3n) is 3.78. The molecular formula is C19H19NO6S. The van der Waals surface area contributed by atoms with Gasteiger partial charge in [0.15, 0.2) is 17.5 Å². The monoisotopic (exact) mass is 389 g/mol. The second-order valence-electron chi connectivity index (χ2n) is 5.71. The molecule has 1 atom stereocenters. The Bertz CT molecular complexity index is 846. The highest BCUT2D eigenvalue weighted by atomic mass is 32.1. The molecule has 0 saturated carbocycles. The zero-order valence-corrected chi connectivity index (χ0v) is 15.3. The van der Waals surface area contributed by atoms with Gasteiger partial charge in [0, 0.05) is 4.88 Å². The number of carbonyl (C=O) groups excluding carboxylic acids is 1. The van der Waals surface area contributed by atoms with Crippen LogP contribution >= 0.6 is 11.3 Å². The number of thiophene rings is 1. The average Bonchev–Trinajstić information content (AvgIpc) is 3.17. The van der Waals surface area contributed by atoms with E-state index >= 15 is 0 Å². The van der Waals surface area contributed by atoms with Crippen molar-refractivity contribution in [3.8, 4) is 21.9 Å². The van der Waals surface area contributed by atoms with Crippen molar-refractivity contribution in [3.05, 3.63) is 47.9 Å². The number of carboxylic acids is 1. The van der Waals surface area contributed by atoms with Crippen LogP contribution in [0.5, 0.6) is 11.5 Å². The highest BCUT2D eigenvalue weighted by Crippen LogP contribution is 2.36. The number of hydrogen-bond donors (Lipinski definition) is 2. The van der Waals surface area contributed by atoms with Gasteiger partial charge in [0.1, 0.15) is 13.2 Å². The third kappa shape index (κ3) is 4.66. The lowest BCUT2D eigenvalue weighted by Crippen LogP contribution is -2.43. The van der Waals surface area contributed by atoms with Gasteiger partial charge in [0.25, 0.3) is 5.91 Å². The highest BCUT2D eigenvalue weighted by molar-refractivity contribution is 7.17. The van der Waals surface area contributed by atoms with Crippen LogP contribution in [0.1, 0.15) is 9.67 Å². The standard InChI is InChI=1S/C19H19NO6S/c1-2-7-24-11-13(19(22)23)20-18(21)17-6-5-16(27-17)12-3-4-14-15(10-12)26-9-8-25-14/h2-6,10,13H,1,7-9,11H2,(H,20,21)(H,22,23). The molecule has 0 fully saturated rings. The smallest absolute Gasteiger partial charge is 0.328 e. The zero-order chi connectivity index (χ0) is 19.2. The minimum Gasteiger partial charge on any atom is -0.486 e. The summed E-state index contributed by atoms with van der Waals surface area (Å²) in [6.07, 6.45) is 1.51. The maximum Gasteiger partial charge on any atom is 0.328 e. The van der Waals surface area contributed by atoms with Gasteiger partial charge in [-0.15, -0.1) is 17.9 Å². The maximum absolute atomic E-state index is 12.4. The summed E-state index contributed by atoms with van der Waals surface area (Å²) in [5.74, 6) is -0.249. The summed E-state index contributed by atoms with van der Waals surface area (Å²) < 4.78 is 16.2. The number of amides is 1. The Kier molecular flexibility index (Phi) is 6.10. The zero-order valence-electron chi connectivity index (χ0n) is 14.5. The Labute approximate surface area is 160 Å². The SMILES string of the molecule is C=CCOCC(NC(=O)c1ccc(-c2ccc3c(c2)OCCO3)s1)C(=O)O. The molecule has 1 aliphatic heterocycles. The van der Waals surface area contributed by atoms with Crippen LogP contribution in [-0.2, 0) is 9.53 Å². The number of fused-ring (bicyclic) bond motifs is 1. The number of ether oxygens (including phenoxy) is 3. The van der Waals surface area contributed by atoms with Crippen molar-refractivity contribution in [2.45, 2.75) is 6.04 Å². The van der Waals surface area contributed by atoms with Crippen molar-refractivity contribution in [2.24, 2.45) is 0 Å². The van der Waals surface area contributed by atoms with Gasteiger partial charge in [0.05, 0.1) is 18.1 Å². The van der Waals surface area contributed by atoms with Crippen LogP contribution in [-0.4, -0.2) is 49.5 Å². The highest BCUT2D eigenvalue weighted by Gasteiger charge is 2.22. The van der Waals surface area contributed by atoms with Crippen LogP contribution in [0.15, 0.2) is 43.0 Å². The topological polar surface area (TPSA) is 94.1 Å². The molecule has 7 nitrogen and oxygen atoms in total. The first-order valence-corrected chi connectivity index (χ1v) is 9.12. The predicted molar refractivity (Wildman–Crippen MR) is 101 cm³/mol. The minimum absolute atomic E-state index is 0.131. The van der Waals surface area contributed by atoms with E-state index < -0.39 is 17.9 Å². The molecule has 1 aromatic carbocycles. The molecule has 0 bridgehead atoms. The number of carbonyl (C=O) groups is 2. The Hall–Kier alpha value is -2.84. The number of carboxylic acid groups (broad SMARTS) is 1. The van der Waals surface area contributed by atoms with Crippen molar-refractivity contribution in [1.82, 2.24) is 5.32 Å². The van der Waals surface area contributed by atoms with Gasteiger partial charge in [-0.05, 0) is 35.9 Å². The molecule has 0 saturated heterocycles. The Balaban J connectivity index is 1.70. The van der Waals surface area contributed by atoms with E-state index in [0.29, 0.717) is 29.6 Å². The van der Waals surface area contributed by atoms with Crippen molar-refractivity contribution in [2.75, 3.05) is 26.4 Å².